The molecular formula is C23H16F3N3O3S. The summed E-state index contributed by atoms with van der Waals surface area (Å²) in [5.74, 6) is -1.74. The van der Waals surface area contributed by atoms with E-state index in [-0.39, 0.29) is 10.7 Å². The Bertz CT molecular complexity index is 1330. The van der Waals surface area contributed by atoms with E-state index in [2.05, 4.69) is 14.7 Å². The van der Waals surface area contributed by atoms with Crippen LogP contribution in [0.5, 0.6) is 0 Å². The molecule has 0 N–H and O–H groups in total. The van der Waals surface area contributed by atoms with Crippen molar-refractivity contribution in [3.63, 3.8) is 0 Å². The summed E-state index contributed by atoms with van der Waals surface area (Å²) < 4.78 is 70.5. The van der Waals surface area contributed by atoms with Crippen LogP contribution in [0.25, 0.3) is 12.2 Å². The first-order chi connectivity index (χ1) is 15.7. The second-order valence-corrected chi connectivity index (χ2v) is 8.59. The molecule has 0 saturated carbocycles. The minimum absolute atomic E-state index is 0.00134. The summed E-state index contributed by atoms with van der Waals surface area (Å²) in [6, 6.07) is 23.3. The molecule has 0 fully saturated rings. The van der Waals surface area contributed by atoms with Gasteiger partial charge in [0.15, 0.2) is 5.82 Å². The van der Waals surface area contributed by atoms with Gasteiger partial charge < -0.3 is 4.52 Å². The van der Waals surface area contributed by atoms with Gasteiger partial charge in [0, 0.05) is 0 Å². The fourth-order valence-corrected chi connectivity index (χ4v) is 4.57. The molecule has 6 nitrogen and oxygen atoms in total. The first-order valence-corrected chi connectivity index (χ1v) is 11.0. The van der Waals surface area contributed by atoms with E-state index in [1.54, 1.807) is 66.7 Å². The number of rotatable bonds is 6. The zero-order chi connectivity index (χ0) is 23.5. The van der Waals surface area contributed by atoms with E-state index in [1.165, 1.54) is 34.7 Å². The molecule has 0 aliphatic heterocycles. The Hall–Kier alpha value is -3.92. The van der Waals surface area contributed by atoms with Crippen LogP contribution in [0.2, 0.25) is 0 Å². The van der Waals surface area contributed by atoms with Crippen LogP contribution in [-0.2, 0) is 16.2 Å². The summed E-state index contributed by atoms with van der Waals surface area (Å²) in [6.07, 6.45) is -2.14. The van der Waals surface area contributed by atoms with Gasteiger partial charge in [0.1, 0.15) is 0 Å². The van der Waals surface area contributed by atoms with Crippen molar-refractivity contribution in [3.05, 3.63) is 102 Å². The van der Waals surface area contributed by atoms with Gasteiger partial charge in [0.25, 0.3) is 10.0 Å². The molecule has 0 aliphatic rings. The summed E-state index contributed by atoms with van der Waals surface area (Å²) in [6.45, 7) is 0. The van der Waals surface area contributed by atoms with E-state index in [0.717, 1.165) is 0 Å². The van der Waals surface area contributed by atoms with Gasteiger partial charge >= 0.3 is 12.1 Å². The van der Waals surface area contributed by atoms with Gasteiger partial charge in [-0.25, -0.2) is 12.7 Å². The van der Waals surface area contributed by atoms with Crippen molar-refractivity contribution < 1.29 is 26.1 Å². The molecule has 33 heavy (non-hydrogen) atoms. The molecule has 4 rings (SSSR count). The van der Waals surface area contributed by atoms with E-state index in [1.807, 2.05) is 0 Å². The molecule has 3 aromatic carbocycles. The fraction of sp³-hybridized carbons (Fsp3) is 0.0435. The molecule has 0 aliphatic carbocycles. The molecule has 0 spiro atoms. The van der Waals surface area contributed by atoms with Crippen molar-refractivity contribution in [3.8, 4) is 0 Å². The monoisotopic (exact) mass is 471 g/mol. The third-order valence-electron chi connectivity index (χ3n) is 4.49. The predicted molar refractivity (Wildman–Crippen MR) is 117 cm³/mol. The van der Waals surface area contributed by atoms with E-state index in [0.29, 0.717) is 16.9 Å². The number of hydrogen-bond donors (Lipinski definition) is 0. The van der Waals surface area contributed by atoms with Gasteiger partial charge in [-0.3, -0.25) is 0 Å². The van der Waals surface area contributed by atoms with Crippen LogP contribution in [0.3, 0.4) is 0 Å². The Morgan fingerprint density at radius 3 is 1.97 bits per heavy atom. The Kier molecular flexibility index (Phi) is 6.01. The number of benzene rings is 3. The zero-order valence-corrected chi connectivity index (χ0v) is 17.7. The molecule has 0 saturated heterocycles. The second-order valence-electron chi connectivity index (χ2n) is 6.80. The second kappa shape index (κ2) is 8.91. The van der Waals surface area contributed by atoms with E-state index >= 15 is 0 Å². The van der Waals surface area contributed by atoms with Gasteiger partial charge in [-0.1, -0.05) is 59.8 Å². The molecule has 0 radical (unpaired) electrons. The molecule has 4 aromatic rings. The van der Waals surface area contributed by atoms with Crippen LogP contribution >= 0.6 is 0 Å². The third kappa shape index (κ3) is 4.96. The summed E-state index contributed by atoms with van der Waals surface area (Å²) in [5, 5.41) is 3.26. The predicted octanol–water partition coefficient (Wildman–Crippen LogP) is 5.79. The van der Waals surface area contributed by atoms with Gasteiger partial charge in [0.05, 0.1) is 16.3 Å². The van der Waals surface area contributed by atoms with Crippen molar-refractivity contribution in [2.75, 3.05) is 4.31 Å². The van der Waals surface area contributed by atoms with E-state index in [9.17, 15) is 21.6 Å². The molecule has 0 amide bonds. The number of hydrogen-bond acceptors (Lipinski definition) is 5. The number of aromatic nitrogens is 2. The van der Waals surface area contributed by atoms with Crippen LogP contribution in [0.1, 0.15) is 17.3 Å². The highest BCUT2D eigenvalue weighted by molar-refractivity contribution is 7.93. The van der Waals surface area contributed by atoms with Gasteiger partial charge in [-0.15, -0.1) is 0 Å². The normalized spacial score (nSPS) is 12.2. The third-order valence-corrected chi connectivity index (χ3v) is 6.24. The molecule has 168 valence electrons. The zero-order valence-electron chi connectivity index (χ0n) is 16.8. The highest BCUT2D eigenvalue weighted by atomic mass is 32.2. The van der Waals surface area contributed by atoms with Crippen molar-refractivity contribution in [2.24, 2.45) is 0 Å². The molecule has 10 heteroatoms. The summed E-state index contributed by atoms with van der Waals surface area (Å²) in [4.78, 5) is 3.26. The first-order valence-electron chi connectivity index (χ1n) is 9.60. The van der Waals surface area contributed by atoms with Gasteiger partial charge in [0.2, 0.25) is 0 Å². The Morgan fingerprint density at radius 1 is 0.818 bits per heavy atom. The number of alkyl halides is 3. The Labute approximate surface area is 187 Å². The SMILES string of the molecule is O=S(=O)(c1cccc(C=Cc2noc(C(F)(F)F)n2)c1)N(c1ccccc1)c1ccccc1. The lowest BCUT2D eigenvalue weighted by Crippen LogP contribution is -2.26. The maximum Gasteiger partial charge on any atom is 0.471 e. The quantitative estimate of drug-likeness (QED) is 0.356. The summed E-state index contributed by atoms with van der Waals surface area (Å²) in [5.41, 5.74) is 1.34. The lowest BCUT2D eigenvalue weighted by Gasteiger charge is -2.24. The fourth-order valence-electron chi connectivity index (χ4n) is 3.03. The van der Waals surface area contributed by atoms with E-state index < -0.39 is 22.1 Å². The standard InChI is InChI=1S/C23H16F3N3O3S/c24-23(25,26)22-27-21(28-32-22)15-14-17-8-7-13-20(16-17)33(30,31)29(18-9-3-1-4-10-18)19-11-5-2-6-12-19/h1-16H. The average Bonchev–Trinajstić information content (AvgIpc) is 3.29. The topological polar surface area (TPSA) is 76.3 Å². The van der Waals surface area contributed by atoms with Crippen molar-refractivity contribution in [2.45, 2.75) is 11.1 Å². The molecule has 1 heterocycles. The van der Waals surface area contributed by atoms with Crippen LogP contribution in [-0.4, -0.2) is 18.6 Å². The maximum absolute atomic E-state index is 13.6. The van der Waals surface area contributed by atoms with Crippen molar-refractivity contribution in [1.29, 1.82) is 0 Å². The summed E-state index contributed by atoms with van der Waals surface area (Å²) >= 11 is 0. The van der Waals surface area contributed by atoms with Crippen molar-refractivity contribution in [1.82, 2.24) is 10.1 Å². The smallest absolute Gasteiger partial charge is 0.329 e. The van der Waals surface area contributed by atoms with Crippen LogP contribution < -0.4 is 4.31 Å². The molecule has 0 atom stereocenters. The molecular weight excluding hydrogens is 455 g/mol. The highest BCUT2D eigenvalue weighted by Crippen LogP contribution is 2.32. The Balaban J connectivity index is 1.69. The number of para-hydroxylation sites is 2. The van der Waals surface area contributed by atoms with Crippen LogP contribution in [0.15, 0.2) is 94.3 Å². The molecule has 0 bridgehead atoms. The minimum Gasteiger partial charge on any atom is -0.329 e. The van der Waals surface area contributed by atoms with Crippen molar-refractivity contribution >= 4 is 33.6 Å². The average molecular weight is 471 g/mol. The minimum atomic E-state index is -4.74. The lowest BCUT2D eigenvalue weighted by molar-refractivity contribution is -0.159. The van der Waals surface area contributed by atoms with Crippen LogP contribution in [0.4, 0.5) is 24.5 Å². The number of anilines is 2. The van der Waals surface area contributed by atoms with Crippen LogP contribution in [0, 0.1) is 0 Å². The number of nitrogens with zero attached hydrogens (tertiary/aromatic N) is 3. The van der Waals surface area contributed by atoms with Gasteiger partial charge in [-0.05, 0) is 48.0 Å². The van der Waals surface area contributed by atoms with Gasteiger partial charge in [-0.2, -0.15) is 18.2 Å². The lowest BCUT2D eigenvalue weighted by atomic mass is 10.2. The number of sulfonamides is 1. The van der Waals surface area contributed by atoms with E-state index in [4.69, 9.17) is 0 Å². The maximum atomic E-state index is 13.6. The first kappa shape index (κ1) is 22.3. The summed E-state index contributed by atoms with van der Waals surface area (Å²) in [7, 11) is -4.03. The Morgan fingerprint density at radius 2 is 1.42 bits per heavy atom. The highest BCUT2D eigenvalue weighted by Gasteiger charge is 2.38. The number of halogens is 3. The largest absolute Gasteiger partial charge is 0.471 e. The molecule has 0 unspecified atom stereocenters. The molecule has 1 aromatic heterocycles.